The van der Waals surface area contributed by atoms with E-state index in [1.54, 1.807) is 0 Å². The van der Waals surface area contributed by atoms with Gasteiger partial charge >= 0.3 is 0 Å². The Morgan fingerprint density at radius 3 is 0.452 bits per heavy atom. The lowest BCUT2D eigenvalue weighted by molar-refractivity contribution is -0.237. The molecule has 0 amide bonds. The summed E-state index contributed by atoms with van der Waals surface area (Å²) in [5.74, 6) is 1.57. The SMILES string of the molecule is Oc1ccc(C23CC4(c5ccc(O)cc5)CC(c5ccc(O)cc5)(C2)CC(C25CC6(c7ccc(O)cc7)CC(c7ccc(O)cc7)(CC(c7ccc(O)cc7)(C6)C2)C5)(C3)C4)cc1. The summed E-state index contributed by atoms with van der Waals surface area (Å²) < 4.78 is 0. The number of hydrogen-bond acceptors (Lipinski definition) is 6. The Labute approximate surface area is 363 Å². The topological polar surface area (TPSA) is 121 Å². The standard InChI is InChI=1S/C56H54O6/c57-43-13-1-37(2-14-43)49-25-50(38-3-15-44(58)16-4-38)27-51(26-49,39-5-17-45(59)18-6-39)33-55(31-49,32-50)56-34-52(40-7-19-46(60)20-8-40)28-53(35-56,41-9-21-47(61)22-10-41)30-54(29-52,36-56)42-11-23-48(62)24-12-42/h1-24,57-62H,25-36H2. The first kappa shape index (κ1) is 37.8. The molecule has 0 saturated heterocycles. The highest BCUT2D eigenvalue weighted by Gasteiger charge is 2.79. The quantitative estimate of drug-likeness (QED) is 0.0954. The zero-order valence-corrected chi connectivity index (χ0v) is 35.0. The average Bonchev–Trinajstić information content (AvgIpc) is 3.24. The van der Waals surface area contributed by atoms with Crippen molar-refractivity contribution in [1.29, 1.82) is 0 Å². The van der Waals surface area contributed by atoms with Gasteiger partial charge in [0.15, 0.2) is 0 Å². The lowest BCUT2D eigenvalue weighted by Gasteiger charge is -2.81. The molecule has 0 aliphatic heterocycles. The van der Waals surface area contributed by atoms with Gasteiger partial charge in [0, 0.05) is 0 Å². The van der Waals surface area contributed by atoms with Crippen molar-refractivity contribution in [1.82, 2.24) is 0 Å². The number of benzene rings is 6. The number of phenolic OH excluding ortho intramolecular Hbond substituents is 6. The molecule has 0 aromatic heterocycles. The maximum atomic E-state index is 10.7. The van der Waals surface area contributed by atoms with Crippen molar-refractivity contribution in [3.63, 3.8) is 0 Å². The molecule has 6 N–H and O–H groups in total. The summed E-state index contributed by atoms with van der Waals surface area (Å²) in [4.78, 5) is 0. The summed E-state index contributed by atoms with van der Waals surface area (Å²) in [7, 11) is 0. The summed E-state index contributed by atoms with van der Waals surface area (Å²) in [6.45, 7) is 0. The Kier molecular flexibility index (Phi) is 7.57. The fourth-order valence-corrected chi connectivity index (χ4v) is 17.1. The van der Waals surface area contributed by atoms with Crippen LogP contribution < -0.4 is 0 Å². The molecule has 0 spiro atoms. The zero-order chi connectivity index (χ0) is 42.4. The number of phenols is 6. The lowest BCUT2D eigenvalue weighted by atomic mass is 9.23. The van der Waals surface area contributed by atoms with Gasteiger partial charge in [0.1, 0.15) is 34.5 Å². The number of rotatable bonds is 7. The van der Waals surface area contributed by atoms with E-state index >= 15 is 0 Å². The Hall–Kier alpha value is -5.88. The van der Waals surface area contributed by atoms with Crippen molar-refractivity contribution in [3.05, 3.63) is 179 Å². The highest BCUT2D eigenvalue weighted by Crippen LogP contribution is 2.85. The van der Waals surface area contributed by atoms with Crippen molar-refractivity contribution in [2.45, 2.75) is 110 Å². The smallest absolute Gasteiger partial charge is 0.115 e. The van der Waals surface area contributed by atoms with E-state index < -0.39 is 0 Å². The summed E-state index contributed by atoms with van der Waals surface area (Å²) in [5.41, 5.74) is 5.75. The van der Waals surface area contributed by atoms with Crippen LogP contribution in [0.3, 0.4) is 0 Å². The Morgan fingerprint density at radius 1 is 0.194 bits per heavy atom. The zero-order valence-electron chi connectivity index (χ0n) is 35.0. The first-order valence-corrected chi connectivity index (χ1v) is 22.5. The number of aromatic hydroxyl groups is 6. The third-order valence-electron chi connectivity index (χ3n) is 18.1. The minimum absolute atomic E-state index is 0.191. The van der Waals surface area contributed by atoms with E-state index in [1.165, 1.54) is 33.4 Å². The highest BCUT2D eigenvalue weighted by molar-refractivity contribution is 5.52. The molecule has 8 bridgehead atoms. The maximum absolute atomic E-state index is 10.7. The predicted molar refractivity (Wildman–Crippen MR) is 239 cm³/mol. The highest BCUT2D eigenvalue weighted by atomic mass is 16.3. The van der Waals surface area contributed by atoms with Crippen LogP contribution >= 0.6 is 0 Å². The Morgan fingerprint density at radius 2 is 0.323 bits per heavy atom. The predicted octanol–water partition coefficient (Wildman–Crippen LogP) is 11.6. The fraction of sp³-hybridized carbons (Fsp3) is 0.357. The van der Waals surface area contributed by atoms with E-state index in [0.717, 1.165) is 77.0 Å². The normalized spacial score (nSPS) is 36.2. The van der Waals surface area contributed by atoms with E-state index in [9.17, 15) is 30.6 Å². The number of hydrogen-bond donors (Lipinski definition) is 6. The molecule has 0 heterocycles. The summed E-state index contributed by atoms with van der Waals surface area (Å²) in [6, 6.07) is 48.5. The van der Waals surface area contributed by atoms with Crippen LogP contribution in [0.2, 0.25) is 0 Å². The minimum atomic E-state index is -0.245. The van der Waals surface area contributed by atoms with Crippen molar-refractivity contribution < 1.29 is 30.6 Å². The van der Waals surface area contributed by atoms with Gasteiger partial charge in [0.2, 0.25) is 0 Å². The Balaban J connectivity index is 1.17. The first-order valence-electron chi connectivity index (χ1n) is 22.5. The van der Waals surface area contributed by atoms with Crippen LogP contribution in [0.1, 0.15) is 110 Å². The second-order valence-corrected chi connectivity index (χ2v) is 21.6. The minimum Gasteiger partial charge on any atom is -0.508 e. The lowest BCUT2D eigenvalue weighted by Crippen LogP contribution is -2.75. The molecule has 62 heavy (non-hydrogen) atoms. The van der Waals surface area contributed by atoms with Gasteiger partial charge in [-0.1, -0.05) is 72.8 Å². The molecule has 0 radical (unpaired) electrons. The van der Waals surface area contributed by atoms with Gasteiger partial charge in [-0.15, -0.1) is 0 Å². The molecule has 0 atom stereocenters. The van der Waals surface area contributed by atoms with Gasteiger partial charge in [-0.2, -0.15) is 0 Å². The van der Waals surface area contributed by atoms with Crippen molar-refractivity contribution in [2.75, 3.05) is 0 Å². The van der Waals surface area contributed by atoms with E-state index in [-0.39, 0.29) is 77.8 Å². The van der Waals surface area contributed by atoms with Gasteiger partial charge < -0.3 is 30.6 Å². The van der Waals surface area contributed by atoms with E-state index in [4.69, 9.17) is 0 Å². The molecular weight excluding hydrogens is 769 g/mol. The molecule has 6 heteroatoms. The van der Waals surface area contributed by atoms with E-state index in [1.807, 2.05) is 72.8 Å². The van der Waals surface area contributed by atoms with Crippen LogP contribution in [0.15, 0.2) is 146 Å². The van der Waals surface area contributed by atoms with Crippen LogP contribution in [0, 0.1) is 10.8 Å². The van der Waals surface area contributed by atoms with Crippen molar-refractivity contribution in [3.8, 4) is 34.5 Å². The molecule has 6 aromatic rings. The molecule has 0 unspecified atom stereocenters. The molecule has 6 nitrogen and oxygen atoms in total. The summed E-state index contributed by atoms with van der Waals surface area (Å²) in [6.07, 6.45) is 11.8. The third-order valence-corrected chi connectivity index (χ3v) is 18.1. The van der Waals surface area contributed by atoms with Crippen LogP contribution in [0.4, 0.5) is 0 Å². The van der Waals surface area contributed by atoms with Crippen LogP contribution in [-0.2, 0) is 32.5 Å². The second-order valence-electron chi connectivity index (χ2n) is 21.6. The first-order chi connectivity index (χ1) is 29.7. The average molecular weight is 823 g/mol. The van der Waals surface area contributed by atoms with Gasteiger partial charge in [0.05, 0.1) is 0 Å². The van der Waals surface area contributed by atoms with Crippen LogP contribution in [0.5, 0.6) is 34.5 Å². The monoisotopic (exact) mass is 822 g/mol. The van der Waals surface area contributed by atoms with Crippen LogP contribution in [-0.4, -0.2) is 30.6 Å². The van der Waals surface area contributed by atoms with Gasteiger partial charge in [-0.05, 0) is 227 Å². The molecule has 14 rings (SSSR count). The summed E-state index contributed by atoms with van der Waals surface area (Å²) in [5, 5.41) is 64.3. The summed E-state index contributed by atoms with van der Waals surface area (Å²) >= 11 is 0. The Bertz CT molecular complexity index is 2200. The van der Waals surface area contributed by atoms with E-state index in [0.29, 0.717) is 0 Å². The fourth-order valence-electron chi connectivity index (χ4n) is 17.1. The molecule has 8 fully saturated rings. The van der Waals surface area contributed by atoms with Crippen molar-refractivity contribution >= 4 is 0 Å². The maximum Gasteiger partial charge on any atom is 0.115 e. The molecule has 8 aliphatic carbocycles. The molecular formula is C56H54O6. The van der Waals surface area contributed by atoms with Gasteiger partial charge in [-0.3, -0.25) is 0 Å². The largest absolute Gasteiger partial charge is 0.508 e. The van der Waals surface area contributed by atoms with E-state index in [2.05, 4.69) is 72.8 Å². The molecule has 314 valence electrons. The molecule has 6 aromatic carbocycles. The molecule has 8 aliphatic rings. The third kappa shape index (κ3) is 5.22. The second kappa shape index (κ2) is 12.4. The molecule has 8 saturated carbocycles. The van der Waals surface area contributed by atoms with Gasteiger partial charge in [0.25, 0.3) is 0 Å². The van der Waals surface area contributed by atoms with Crippen molar-refractivity contribution in [2.24, 2.45) is 10.8 Å². The van der Waals surface area contributed by atoms with Crippen LogP contribution in [0.25, 0.3) is 0 Å². The van der Waals surface area contributed by atoms with Gasteiger partial charge in [-0.25, -0.2) is 0 Å².